The lowest BCUT2D eigenvalue weighted by Gasteiger charge is -2.13. The van der Waals surface area contributed by atoms with E-state index in [-0.39, 0.29) is 5.91 Å². The molecule has 1 fully saturated rings. The van der Waals surface area contributed by atoms with Crippen molar-refractivity contribution in [1.29, 1.82) is 0 Å². The van der Waals surface area contributed by atoms with Crippen LogP contribution >= 0.6 is 11.8 Å². The number of urea groups is 1. The van der Waals surface area contributed by atoms with Crippen LogP contribution in [0.5, 0.6) is 5.75 Å². The quantitative estimate of drug-likeness (QED) is 0.567. The van der Waals surface area contributed by atoms with Crippen LogP contribution in [0.2, 0.25) is 0 Å². The molecule has 1 unspecified atom stereocenters. The van der Waals surface area contributed by atoms with Gasteiger partial charge in [-0.15, -0.1) is 0 Å². The van der Waals surface area contributed by atoms with E-state index in [0.29, 0.717) is 12.2 Å². The van der Waals surface area contributed by atoms with Crippen LogP contribution in [0, 0.1) is 0 Å². The minimum Gasteiger partial charge on any atom is -0.489 e. The number of amides is 3. The molecule has 4 rings (SSSR count). The molecule has 152 valence electrons. The van der Waals surface area contributed by atoms with Crippen LogP contribution in [-0.4, -0.2) is 21.9 Å². The van der Waals surface area contributed by atoms with Gasteiger partial charge in [-0.3, -0.25) is 20.1 Å². The van der Waals surface area contributed by atoms with Gasteiger partial charge in [0, 0.05) is 45.7 Å². The molecule has 0 bridgehead atoms. The van der Waals surface area contributed by atoms with Crippen molar-refractivity contribution < 1.29 is 14.3 Å². The van der Waals surface area contributed by atoms with Crippen molar-refractivity contribution in [2.24, 2.45) is 0 Å². The Kier molecular flexibility index (Phi) is 5.94. The number of nitrogens with zero attached hydrogens (tertiary/aromatic N) is 2. The monoisotopic (exact) mass is 420 g/mol. The van der Waals surface area contributed by atoms with Crippen LogP contribution in [0.15, 0.2) is 71.0 Å². The van der Waals surface area contributed by atoms with Gasteiger partial charge >= 0.3 is 6.03 Å². The number of ether oxygens (including phenoxy) is 1. The number of pyridine rings is 2. The number of aromatic nitrogens is 2. The minimum atomic E-state index is -0.733. The summed E-state index contributed by atoms with van der Waals surface area (Å²) >= 11 is 1.50. The fraction of sp³-hybridized carbons (Fsp3) is 0.182. The lowest BCUT2D eigenvalue weighted by molar-refractivity contribution is -0.120. The summed E-state index contributed by atoms with van der Waals surface area (Å²) in [5.74, 6) is 0.388. The summed E-state index contributed by atoms with van der Waals surface area (Å²) in [6.45, 7) is 2.55. The van der Waals surface area contributed by atoms with E-state index in [9.17, 15) is 9.59 Å². The maximum Gasteiger partial charge on any atom is 0.322 e. The van der Waals surface area contributed by atoms with E-state index >= 15 is 0 Å². The van der Waals surface area contributed by atoms with Crippen molar-refractivity contribution >= 4 is 23.7 Å². The molecule has 2 aromatic heterocycles. The van der Waals surface area contributed by atoms with Crippen LogP contribution in [0.1, 0.15) is 29.7 Å². The Morgan fingerprint density at radius 3 is 2.57 bits per heavy atom. The molecule has 1 saturated heterocycles. The van der Waals surface area contributed by atoms with Crippen LogP contribution in [0.3, 0.4) is 0 Å². The third-order valence-electron chi connectivity index (χ3n) is 4.61. The Morgan fingerprint density at radius 1 is 1.03 bits per heavy atom. The average Bonchev–Trinajstić information content (AvgIpc) is 3.11. The summed E-state index contributed by atoms with van der Waals surface area (Å²) in [4.78, 5) is 33.6. The summed E-state index contributed by atoms with van der Waals surface area (Å²) in [6, 6.07) is 10.4. The van der Waals surface area contributed by atoms with E-state index in [1.54, 1.807) is 12.4 Å². The molecular formula is C22H20N4O3S. The number of nitrogens with one attached hydrogen (secondary N) is 2. The van der Waals surface area contributed by atoms with E-state index in [1.807, 2.05) is 42.7 Å². The molecule has 1 atom stereocenters. The third-order valence-corrected chi connectivity index (χ3v) is 5.71. The predicted octanol–water partition coefficient (Wildman–Crippen LogP) is 3.65. The molecule has 7 nitrogen and oxygen atoms in total. The van der Waals surface area contributed by atoms with E-state index in [1.165, 1.54) is 17.3 Å². The highest BCUT2D eigenvalue weighted by Crippen LogP contribution is 2.34. The van der Waals surface area contributed by atoms with Gasteiger partial charge in [0.25, 0.3) is 5.91 Å². The van der Waals surface area contributed by atoms with Gasteiger partial charge in [-0.2, -0.15) is 0 Å². The van der Waals surface area contributed by atoms with Crippen LogP contribution < -0.4 is 15.4 Å². The highest BCUT2D eigenvalue weighted by atomic mass is 32.2. The number of carbonyl (C=O) groups excluding carboxylic acids is 2. The summed E-state index contributed by atoms with van der Waals surface area (Å²) in [6.07, 6.45) is 7.89. The number of rotatable bonds is 7. The van der Waals surface area contributed by atoms with Crippen molar-refractivity contribution in [3.8, 4) is 5.75 Å². The molecule has 3 aromatic rings. The summed E-state index contributed by atoms with van der Waals surface area (Å²) in [5.41, 5.74) is 2.88. The molecule has 0 saturated carbocycles. The average molecular weight is 420 g/mol. The summed E-state index contributed by atoms with van der Waals surface area (Å²) in [7, 11) is 0. The van der Waals surface area contributed by atoms with Crippen LogP contribution in [-0.2, 0) is 17.8 Å². The SMILES string of the molecule is CCc1cncc(COc2ccc(Sc3ccncc3C3NC(=O)NC3=O)cc2)c1. The molecule has 30 heavy (non-hydrogen) atoms. The molecule has 1 aromatic carbocycles. The Bertz CT molecular complexity index is 1070. The van der Waals surface area contributed by atoms with Crippen LogP contribution in [0.25, 0.3) is 0 Å². The van der Waals surface area contributed by atoms with E-state index in [2.05, 4.69) is 33.6 Å². The number of carbonyl (C=O) groups is 2. The first kappa shape index (κ1) is 19.9. The van der Waals surface area contributed by atoms with Crippen molar-refractivity contribution in [2.75, 3.05) is 0 Å². The van der Waals surface area contributed by atoms with Gasteiger partial charge < -0.3 is 10.1 Å². The van der Waals surface area contributed by atoms with E-state index in [4.69, 9.17) is 4.74 Å². The second-order valence-electron chi connectivity index (χ2n) is 6.73. The van der Waals surface area contributed by atoms with E-state index in [0.717, 1.165) is 27.5 Å². The lowest BCUT2D eigenvalue weighted by Crippen LogP contribution is -2.22. The van der Waals surface area contributed by atoms with Gasteiger partial charge in [-0.05, 0) is 48.4 Å². The molecule has 1 aliphatic heterocycles. The molecule has 3 amide bonds. The molecule has 2 N–H and O–H groups in total. The Balaban J connectivity index is 1.43. The molecule has 0 radical (unpaired) electrons. The van der Waals surface area contributed by atoms with Gasteiger partial charge in [0.2, 0.25) is 0 Å². The fourth-order valence-corrected chi connectivity index (χ4v) is 3.99. The zero-order chi connectivity index (χ0) is 20.9. The molecule has 0 aliphatic carbocycles. The number of aryl methyl sites for hydroxylation is 1. The fourth-order valence-electron chi connectivity index (χ4n) is 3.05. The minimum absolute atomic E-state index is 0.375. The summed E-state index contributed by atoms with van der Waals surface area (Å²) < 4.78 is 5.87. The van der Waals surface area contributed by atoms with Gasteiger partial charge in [0.15, 0.2) is 0 Å². The first-order chi connectivity index (χ1) is 14.6. The number of imide groups is 1. The molecule has 3 heterocycles. The normalized spacial score (nSPS) is 15.6. The van der Waals surface area contributed by atoms with Crippen molar-refractivity contribution in [3.05, 3.63) is 77.9 Å². The first-order valence-electron chi connectivity index (χ1n) is 9.51. The lowest BCUT2D eigenvalue weighted by atomic mass is 10.1. The van der Waals surface area contributed by atoms with E-state index < -0.39 is 12.1 Å². The highest BCUT2D eigenvalue weighted by molar-refractivity contribution is 7.99. The highest BCUT2D eigenvalue weighted by Gasteiger charge is 2.32. The standard InChI is InChI=1S/C22H20N4O3S/c1-2-14-9-15(11-24-10-14)13-29-16-3-5-17(6-4-16)30-19-7-8-23-12-18(19)20-21(27)26-22(28)25-20/h3-12,20H,2,13H2,1H3,(H2,25,26,27,28). The Morgan fingerprint density at radius 2 is 1.83 bits per heavy atom. The zero-order valence-corrected chi connectivity index (χ0v) is 17.1. The van der Waals surface area contributed by atoms with Crippen molar-refractivity contribution in [3.63, 3.8) is 0 Å². The van der Waals surface area contributed by atoms with Gasteiger partial charge in [-0.1, -0.05) is 18.7 Å². The first-order valence-corrected chi connectivity index (χ1v) is 10.3. The van der Waals surface area contributed by atoms with Gasteiger partial charge in [0.1, 0.15) is 18.4 Å². The second kappa shape index (κ2) is 8.96. The Labute approximate surface area is 178 Å². The largest absolute Gasteiger partial charge is 0.489 e. The van der Waals surface area contributed by atoms with Crippen molar-refractivity contribution in [2.45, 2.75) is 35.8 Å². The molecule has 0 spiro atoms. The maximum absolute atomic E-state index is 12.0. The topological polar surface area (TPSA) is 93.2 Å². The molecule has 8 heteroatoms. The summed E-state index contributed by atoms with van der Waals surface area (Å²) in [5, 5.41) is 4.87. The zero-order valence-electron chi connectivity index (χ0n) is 16.3. The number of hydrogen-bond donors (Lipinski definition) is 2. The molecule has 1 aliphatic rings. The third kappa shape index (κ3) is 4.60. The predicted molar refractivity (Wildman–Crippen MR) is 112 cm³/mol. The number of hydrogen-bond acceptors (Lipinski definition) is 6. The second-order valence-corrected chi connectivity index (χ2v) is 7.84. The maximum atomic E-state index is 12.0. The molecular weight excluding hydrogens is 400 g/mol. The van der Waals surface area contributed by atoms with Crippen LogP contribution in [0.4, 0.5) is 4.79 Å². The van der Waals surface area contributed by atoms with Gasteiger partial charge in [0.05, 0.1) is 0 Å². The smallest absolute Gasteiger partial charge is 0.322 e. The van der Waals surface area contributed by atoms with Gasteiger partial charge in [-0.25, -0.2) is 4.79 Å². The number of benzene rings is 1. The Hall–Kier alpha value is -3.39. The van der Waals surface area contributed by atoms with Crippen molar-refractivity contribution in [1.82, 2.24) is 20.6 Å².